The summed E-state index contributed by atoms with van der Waals surface area (Å²) in [6, 6.07) is 8.75. The first-order valence-electron chi connectivity index (χ1n) is 8.22. The maximum atomic E-state index is 11.7. The van der Waals surface area contributed by atoms with Crippen molar-refractivity contribution in [1.29, 1.82) is 0 Å². The number of amides is 3. The lowest BCUT2D eigenvalue weighted by atomic mass is 10.1. The number of carbonyl (C=O) groups is 3. The third kappa shape index (κ3) is 6.01. The molecule has 0 fully saturated rings. The molecule has 2 rings (SSSR count). The van der Waals surface area contributed by atoms with Crippen LogP contribution < -0.4 is 10.6 Å². The Kier molecular flexibility index (Phi) is 6.84. The normalized spacial score (nSPS) is 10.9. The summed E-state index contributed by atoms with van der Waals surface area (Å²) in [7, 11) is 0. The van der Waals surface area contributed by atoms with Gasteiger partial charge in [0.1, 0.15) is 0 Å². The number of para-hydroxylation sites is 1. The lowest BCUT2D eigenvalue weighted by Gasteiger charge is -2.08. The number of ether oxygens (including phenoxy) is 1. The average Bonchev–Trinajstić information content (AvgIpc) is 2.63. The third-order valence-electron chi connectivity index (χ3n) is 3.33. The van der Waals surface area contributed by atoms with Gasteiger partial charge in [0.15, 0.2) is 6.61 Å². The van der Waals surface area contributed by atoms with Gasteiger partial charge in [-0.3, -0.25) is 15.1 Å². The average molecular weight is 355 g/mol. The second kappa shape index (κ2) is 9.31. The second-order valence-corrected chi connectivity index (χ2v) is 6.02. The maximum absolute atomic E-state index is 11.7. The molecule has 1 heterocycles. The number of carbonyl (C=O) groups excluding carboxylic acids is 3. The smallest absolute Gasteiger partial charge is 0.331 e. The van der Waals surface area contributed by atoms with Crippen LogP contribution in [-0.2, 0) is 14.3 Å². The number of esters is 1. The predicted octanol–water partition coefficient (Wildman–Crippen LogP) is 2.27. The number of pyridine rings is 1. The molecule has 7 nitrogen and oxygen atoms in total. The zero-order valence-electron chi connectivity index (χ0n) is 14.7. The van der Waals surface area contributed by atoms with Crippen LogP contribution in [0.15, 0.2) is 42.6 Å². The highest BCUT2D eigenvalue weighted by atomic mass is 16.5. The topological polar surface area (TPSA) is 97.4 Å². The van der Waals surface area contributed by atoms with Crippen LogP contribution in [0.4, 0.5) is 4.79 Å². The van der Waals surface area contributed by atoms with Crippen molar-refractivity contribution in [2.75, 3.05) is 13.2 Å². The van der Waals surface area contributed by atoms with E-state index < -0.39 is 24.5 Å². The van der Waals surface area contributed by atoms with Crippen molar-refractivity contribution in [2.45, 2.75) is 13.8 Å². The molecule has 7 heteroatoms. The fourth-order valence-corrected chi connectivity index (χ4v) is 2.11. The predicted molar refractivity (Wildman–Crippen MR) is 98.1 cm³/mol. The van der Waals surface area contributed by atoms with E-state index in [2.05, 4.69) is 15.6 Å². The standard InChI is InChI=1S/C19H21N3O4/c1-13(2)11-21-19(25)22-16(23)12-26-17(24)9-8-15-6-3-5-14-7-4-10-20-18(14)15/h3-10,13H,11-12H2,1-2H3,(H2,21,22,23,25)/b9-8-. The number of rotatable bonds is 6. The number of benzene rings is 1. The lowest BCUT2D eigenvalue weighted by Crippen LogP contribution is -2.42. The molecule has 3 amide bonds. The minimum atomic E-state index is -0.695. The number of imide groups is 1. The lowest BCUT2D eigenvalue weighted by molar-refractivity contribution is -0.143. The van der Waals surface area contributed by atoms with E-state index in [1.807, 2.05) is 44.2 Å². The molecule has 0 saturated heterocycles. The molecule has 0 saturated carbocycles. The number of nitrogens with zero attached hydrogens (tertiary/aromatic N) is 1. The zero-order chi connectivity index (χ0) is 18.9. The summed E-state index contributed by atoms with van der Waals surface area (Å²) < 4.78 is 4.83. The van der Waals surface area contributed by atoms with Crippen molar-refractivity contribution in [3.05, 3.63) is 48.2 Å². The summed E-state index contributed by atoms with van der Waals surface area (Å²) in [6.07, 6.45) is 4.47. The van der Waals surface area contributed by atoms with Crippen molar-refractivity contribution >= 4 is 34.9 Å². The third-order valence-corrected chi connectivity index (χ3v) is 3.33. The summed E-state index contributed by atoms with van der Waals surface area (Å²) in [4.78, 5) is 39.0. The van der Waals surface area contributed by atoms with Crippen molar-refractivity contribution in [2.24, 2.45) is 5.92 Å². The first kappa shape index (κ1) is 19.1. The molecule has 0 atom stereocenters. The maximum Gasteiger partial charge on any atom is 0.331 e. The molecule has 0 bridgehead atoms. The van der Waals surface area contributed by atoms with Gasteiger partial charge >= 0.3 is 12.0 Å². The number of urea groups is 1. The van der Waals surface area contributed by atoms with Gasteiger partial charge in [-0.25, -0.2) is 9.59 Å². The summed E-state index contributed by atoms with van der Waals surface area (Å²) in [5.41, 5.74) is 1.52. The number of aromatic nitrogens is 1. The molecular weight excluding hydrogens is 334 g/mol. The largest absolute Gasteiger partial charge is 0.452 e. The van der Waals surface area contributed by atoms with Crippen molar-refractivity contribution in [3.63, 3.8) is 0 Å². The van der Waals surface area contributed by atoms with E-state index in [0.717, 1.165) is 16.5 Å². The molecule has 136 valence electrons. The van der Waals surface area contributed by atoms with E-state index in [4.69, 9.17) is 4.74 Å². The van der Waals surface area contributed by atoms with Crippen LogP contribution in [0.5, 0.6) is 0 Å². The highest BCUT2D eigenvalue weighted by molar-refractivity contribution is 5.97. The van der Waals surface area contributed by atoms with Gasteiger partial charge in [-0.05, 0) is 18.1 Å². The Bertz CT molecular complexity index is 825. The number of hydrogen-bond donors (Lipinski definition) is 2. The van der Waals surface area contributed by atoms with Crippen LogP contribution in [0.3, 0.4) is 0 Å². The van der Waals surface area contributed by atoms with Crippen molar-refractivity contribution in [3.8, 4) is 0 Å². The fourth-order valence-electron chi connectivity index (χ4n) is 2.11. The minimum absolute atomic E-state index is 0.266. The van der Waals surface area contributed by atoms with E-state index >= 15 is 0 Å². The molecule has 0 spiro atoms. The number of nitrogens with one attached hydrogen (secondary N) is 2. The Balaban J connectivity index is 1.83. The van der Waals surface area contributed by atoms with E-state index in [-0.39, 0.29) is 5.92 Å². The Labute approximate surface area is 151 Å². The Morgan fingerprint density at radius 2 is 1.96 bits per heavy atom. The first-order chi connectivity index (χ1) is 12.5. The van der Waals surface area contributed by atoms with E-state index in [1.54, 1.807) is 12.3 Å². The molecule has 0 aliphatic heterocycles. The molecule has 2 N–H and O–H groups in total. The van der Waals surface area contributed by atoms with Crippen molar-refractivity contribution in [1.82, 2.24) is 15.6 Å². The first-order valence-corrected chi connectivity index (χ1v) is 8.22. The van der Waals surface area contributed by atoms with E-state index in [0.29, 0.717) is 6.54 Å². The van der Waals surface area contributed by atoms with E-state index in [9.17, 15) is 14.4 Å². The van der Waals surface area contributed by atoms with Gasteiger partial charge in [-0.15, -0.1) is 0 Å². The zero-order valence-corrected chi connectivity index (χ0v) is 14.7. The quantitative estimate of drug-likeness (QED) is 0.612. The highest BCUT2D eigenvalue weighted by Crippen LogP contribution is 2.17. The summed E-state index contributed by atoms with van der Waals surface area (Å²) >= 11 is 0. The van der Waals surface area contributed by atoms with Gasteiger partial charge in [0.05, 0.1) is 5.52 Å². The molecule has 0 radical (unpaired) electrons. The monoisotopic (exact) mass is 355 g/mol. The van der Waals surface area contributed by atoms with Gasteiger partial charge in [-0.2, -0.15) is 0 Å². The van der Waals surface area contributed by atoms with Crippen LogP contribution >= 0.6 is 0 Å². The molecule has 1 aromatic carbocycles. The molecule has 26 heavy (non-hydrogen) atoms. The van der Waals surface area contributed by atoms with Crippen LogP contribution in [-0.4, -0.2) is 36.0 Å². The summed E-state index contributed by atoms with van der Waals surface area (Å²) in [5.74, 6) is -1.11. The molecular formula is C19H21N3O4. The molecule has 0 aliphatic rings. The SMILES string of the molecule is CC(C)CNC(=O)NC(=O)COC(=O)/C=C\c1cccc2cccnc12. The Hall–Kier alpha value is -3.22. The summed E-state index contributed by atoms with van der Waals surface area (Å²) in [6.45, 7) is 3.77. The Morgan fingerprint density at radius 1 is 1.19 bits per heavy atom. The minimum Gasteiger partial charge on any atom is -0.452 e. The van der Waals surface area contributed by atoms with Gasteiger partial charge < -0.3 is 10.1 Å². The van der Waals surface area contributed by atoms with Gasteiger partial charge in [0, 0.05) is 29.8 Å². The van der Waals surface area contributed by atoms with E-state index in [1.165, 1.54) is 6.08 Å². The Morgan fingerprint density at radius 3 is 2.73 bits per heavy atom. The van der Waals surface area contributed by atoms with Gasteiger partial charge in [0.2, 0.25) is 0 Å². The summed E-state index contributed by atoms with van der Waals surface area (Å²) in [5, 5.41) is 5.57. The molecule has 2 aromatic rings. The highest BCUT2D eigenvalue weighted by Gasteiger charge is 2.10. The molecule has 0 aliphatic carbocycles. The van der Waals surface area contributed by atoms with Crippen LogP contribution in [0, 0.1) is 5.92 Å². The van der Waals surface area contributed by atoms with Crippen LogP contribution in [0.2, 0.25) is 0 Å². The van der Waals surface area contributed by atoms with Gasteiger partial charge in [0.25, 0.3) is 5.91 Å². The van der Waals surface area contributed by atoms with Crippen LogP contribution in [0.25, 0.3) is 17.0 Å². The second-order valence-electron chi connectivity index (χ2n) is 6.02. The van der Waals surface area contributed by atoms with Gasteiger partial charge in [-0.1, -0.05) is 38.1 Å². The number of hydrogen-bond acceptors (Lipinski definition) is 5. The molecule has 1 aromatic heterocycles. The molecule has 0 unspecified atom stereocenters. The fraction of sp³-hybridized carbons (Fsp3) is 0.263. The van der Waals surface area contributed by atoms with Crippen LogP contribution in [0.1, 0.15) is 19.4 Å². The van der Waals surface area contributed by atoms with Crippen molar-refractivity contribution < 1.29 is 19.1 Å². The number of fused-ring (bicyclic) bond motifs is 1.